The van der Waals surface area contributed by atoms with E-state index in [0.29, 0.717) is 5.41 Å². The molecule has 0 amide bonds. The summed E-state index contributed by atoms with van der Waals surface area (Å²) in [5.41, 5.74) is 0.524. The van der Waals surface area contributed by atoms with E-state index in [1.54, 1.807) is 0 Å². The molecular weight excluding hydrogens is 254 g/mol. The number of thiazole rings is 1. The molecule has 0 saturated carbocycles. The first kappa shape index (κ1) is 14.8. The summed E-state index contributed by atoms with van der Waals surface area (Å²) in [5.74, 6) is 0. The summed E-state index contributed by atoms with van der Waals surface area (Å²) in [5, 5.41) is 4.44. The summed E-state index contributed by atoms with van der Waals surface area (Å²) in [4.78, 5) is 8.43. The molecule has 0 radical (unpaired) electrons. The molecular formula is C15H27N3S. The number of anilines is 1. The Hall–Kier alpha value is -0.610. The van der Waals surface area contributed by atoms with Gasteiger partial charge in [0, 0.05) is 24.2 Å². The predicted octanol–water partition coefficient (Wildman–Crippen LogP) is 3.98. The van der Waals surface area contributed by atoms with E-state index in [0.717, 1.165) is 24.6 Å². The standard InChI is InChI=1S/C15H27N3S/c1-4-8-16-14-17-11-13(19-14)12-18-9-5-6-15(2,3)7-10-18/h11H,4-10,12H2,1-3H3,(H,16,17). The number of hydrogen-bond acceptors (Lipinski definition) is 4. The van der Waals surface area contributed by atoms with Crippen LogP contribution in [0.15, 0.2) is 6.20 Å². The van der Waals surface area contributed by atoms with Gasteiger partial charge in [0.05, 0.1) is 0 Å². The Labute approximate surface area is 121 Å². The fourth-order valence-electron chi connectivity index (χ4n) is 2.55. The fourth-order valence-corrected chi connectivity index (χ4v) is 3.43. The van der Waals surface area contributed by atoms with E-state index in [9.17, 15) is 0 Å². The van der Waals surface area contributed by atoms with Crippen LogP contribution in [0.1, 0.15) is 51.3 Å². The van der Waals surface area contributed by atoms with Gasteiger partial charge in [-0.05, 0) is 44.2 Å². The normalized spacial score (nSPS) is 20.2. The Morgan fingerprint density at radius 2 is 2.21 bits per heavy atom. The highest BCUT2D eigenvalue weighted by Crippen LogP contribution is 2.30. The minimum absolute atomic E-state index is 0.524. The molecule has 108 valence electrons. The highest BCUT2D eigenvalue weighted by Gasteiger charge is 2.23. The molecule has 0 unspecified atom stereocenters. The van der Waals surface area contributed by atoms with Crippen molar-refractivity contribution in [1.82, 2.24) is 9.88 Å². The Morgan fingerprint density at radius 3 is 3.00 bits per heavy atom. The van der Waals surface area contributed by atoms with Gasteiger partial charge >= 0.3 is 0 Å². The van der Waals surface area contributed by atoms with Crippen LogP contribution in [0, 0.1) is 5.41 Å². The van der Waals surface area contributed by atoms with Crippen LogP contribution >= 0.6 is 11.3 Å². The minimum atomic E-state index is 0.524. The summed E-state index contributed by atoms with van der Waals surface area (Å²) in [6.07, 6.45) is 7.18. The Morgan fingerprint density at radius 1 is 1.37 bits per heavy atom. The summed E-state index contributed by atoms with van der Waals surface area (Å²) in [6.45, 7) is 11.5. The average Bonchev–Trinajstić information content (AvgIpc) is 2.73. The average molecular weight is 281 g/mol. The number of hydrogen-bond donors (Lipinski definition) is 1. The van der Waals surface area contributed by atoms with Crippen molar-refractivity contribution in [2.75, 3.05) is 25.0 Å². The van der Waals surface area contributed by atoms with Gasteiger partial charge in [0.2, 0.25) is 0 Å². The first-order chi connectivity index (χ1) is 9.09. The van der Waals surface area contributed by atoms with Crippen molar-refractivity contribution in [2.24, 2.45) is 5.41 Å². The van der Waals surface area contributed by atoms with Crippen LogP contribution in [0.3, 0.4) is 0 Å². The third-order valence-corrected chi connectivity index (χ3v) is 4.83. The molecule has 1 saturated heterocycles. The topological polar surface area (TPSA) is 28.2 Å². The zero-order chi connectivity index (χ0) is 13.7. The van der Waals surface area contributed by atoms with E-state index in [2.05, 4.69) is 36.0 Å². The number of nitrogens with zero attached hydrogens (tertiary/aromatic N) is 2. The van der Waals surface area contributed by atoms with Gasteiger partial charge in [0.15, 0.2) is 5.13 Å². The highest BCUT2D eigenvalue weighted by atomic mass is 32.1. The maximum Gasteiger partial charge on any atom is 0.182 e. The molecule has 0 atom stereocenters. The van der Waals surface area contributed by atoms with Gasteiger partial charge in [-0.1, -0.05) is 20.8 Å². The molecule has 0 aromatic carbocycles. The third kappa shape index (κ3) is 4.77. The van der Waals surface area contributed by atoms with Crippen LogP contribution in [0.25, 0.3) is 0 Å². The van der Waals surface area contributed by atoms with Gasteiger partial charge in [0.1, 0.15) is 0 Å². The molecule has 1 aromatic heterocycles. The molecule has 4 heteroatoms. The van der Waals surface area contributed by atoms with Gasteiger partial charge in [-0.2, -0.15) is 0 Å². The molecule has 1 aliphatic heterocycles. The largest absolute Gasteiger partial charge is 0.362 e. The molecule has 0 aliphatic carbocycles. The lowest BCUT2D eigenvalue weighted by atomic mass is 9.85. The van der Waals surface area contributed by atoms with E-state index in [1.165, 1.54) is 37.2 Å². The van der Waals surface area contributed by atoms with Gasteiger partial charge in [-0.25, -0.2) is 4.98 Å². The van der Waals surface area contributed by atoms with Crippen molar-refractivity contribution in [3.8, 4) is 0 Å². The Balaban J connectivity index is 1.85. The van der Waals surface area contributed by atoms with Crippen LogP contribution in [-0.4, -0.2) is 29.5 Å². The third-order valence-electron chi connectivity index (χ3n) is 3.89. The second kappa shape index (κ2) is 6.71. The van der Waals surface area contributed by atoms with Gasteiger partial charge in [-0.15, -0.1) is 11.3 Å². The number of rotatable bonds is 5. The summed E-state index contributed by atoms with van der Waals surface area (Å²) in [6, 6.07) is 0. The summed E-state index contributed by atoms with van der Waals surface area (Å²) >= 11 is 1.81. The number of aromatic nitrogens is 1. The molecule has 1 fully saturated rings. The smallest absolute Gasteiger partial charge is 0.182 e. The molecule has 3 nitrogen and oxygen atoms in total. The molecule has 0 spiro atoms. The summed E-state index contributed by atoms with van der Waals surface area (Å²) in [7, 11) is 0. The maximum atomic E-state index is 4.45. The minimum Gasteiger partial charge on any atom is -0.362 e. The van der Waals surface area contributed by atoms with Crippen LogP contribution in [0.4, 0.5) is 5.13 Å². The first-order valence-electron chi connectivity index (χ1n) is 7.50. The lowest BCUT2D eigenvalue weighted by molar-refractivity contribution is 0.257. The summed E-state index contributed by atoms with van der Waals surface area (Å²) < 4.78 is 0. The molecule has 1 aromatic rings. The second-order valence-corrected chi connectivity index (χ2v) is 7.47. The van der Waals surface area contributed by atoms with Crippen molar-refractivity contribution in [2.45, 2.75) is 53.0 Å². The Kier molecular flexibility index (Phi) is 5.22. The van der Waals surface area contributed by atoms with Crippen molar-refractivity contribution < 1.29 is 0 Å². The predicted molar refractivity (Wildman–Crippen MR) is 83.8 cm³/mol. The molecule has 19 heavy (non-hydrogen) atoms. The van der Waals surface area contributed by atoms with E-state index in [-0.39, 0.29) is 0 Å². The zero-order valence-electron chi connectivity index (χ0n) is 12.5. The lowest BCUT2D eigenvalue weighted by Gasteiger charge is -2.22. The van der Waals surface area contributed by atoms with Crippen LogP contribution in [0.2, 0.25) is 0 Å². The van der Waals surface area contributed by atoms with Crippen molar-refractivity contribution >= 4 is 16.5 Å². The van der Waals surface area contributed by atoms with E-state index in [4.69, 9.17) is 0 Å². The number of nitrogens with one attached hydrogen (secondary N) is 1. The van der Waals surface area contributed by atoms with E-state index >= 15 is 0 Å². The highest BCUT2D eigenvalue weighted by molar-refractivity contribution is 7.15. The second-order valence-electron chi connectivity index (χ2n) is 6.35. The Bertz CT molecular complexity index is 386. The van der Waals surface area contributed by atoms with Crippen LogP contribution < -0.4 is 5.32 Å². The lowest BCUT2D eigenvalue weighted by Crippen LogP contribution is -2.24. The maximum absolute atomic E-state index is 4.45. The van der Waals surface area contributed by atoms with E-state index in [1.807, 2.05) is 17.5 Å². The van der Waals surface area contributed by atoms with E-state index < -0.39 is 0 Å². The van der Waals surface area contributed by atoms with Crippen molar-refractivity contribution in [3.05, 3.63) is 11.1 Å². The zero-order valence-corrected chi connectivity index (χ0v) is 13.4. The monoisotopic (exact) mass is 281 g/mol. The fraction of sp³-hybridized carbons (Fsp3) is 0.800. The molecule has 0 bridgehead atoms. The molecule has 2 rings (SSSR count). The SMILES string of the molecule is CCCNc1ncc(CN2CCCC(C)(C)CC2)s1. The molecule has 2 heterocycles. The van der Waals surface area contributed by atoms with Crippen molar-refractivity contribution in [1.29, 1.82) is 0 Å². The van der Waals surface area contributed by atoms with Gasteiger partial charge in [0.25, 0.3) is 0 Å². The van der Waals surface area contributed by atoms with Crippen molar-refractivity contribution in [3.63, 3.8) is 0 Å². The molecule has 1 aliphatic rings. The van der Waals surface area contributed by atoms with Gasteiger partial charge in [-0.3, -0.25) is 4.90 Å². The number of likely N-dealkylation sites (tertiary alicyclic amines) is 1. The quantitative estimate of drug-likeness (QED) is 0.885. The van der Waals surface area contributed by atoms with Crippen LogP contribution in [0.5, 0.6) is 0 Å². The molecule has 1 N–H and O–H groups in total. The van der Waals surface area contributed by atoms with Gasteiger partial charge < -0.3 is 5.32 Å². The van der Waals surface area contributed by atoms with Crippen LogP contribution in [-0.2, 0) is 6.54 Å². The first-order valence-corrected chi connectivity index (χ1v) is 8.32.